The van der Waals surface area contributed by atoms with E-state index in [-0.39, 0.29) is 11.4 Å². The second kappa shape index (κ2) is 5.46. The lowest BCUT2D eigenvalue weighted by atomic mass is 10.2. The van der Waals surface area contributed by atoms with Gasteiger partial charge in [0.2, 0.25) is 0 Å². The first-order valence-electron chi connectivity index (χ1n) is 5.04. The molecular formula is C11H10N2O4S. The number of carbonyl (C=O) groups is 1. The molecule has 1 N–H and O–H groups in total. The minimum atomic E-state index is 0.0986. The maximum absolute atomic E-state index is 10.9. The smallest absolute Gasteiger partial charge is 0.314 e. The average Bonchev–Trinajstić information content (AvgIpc) is 2.81. The van der Waals surface area contributed by atoms with Gasteiger partial charge in [0, 0.05) is 0 Å². The Labute approximate surface area is 108 Å². The third kappa shape index (κ3) is 2.57. The molecule has 0 saturated heterocycles. The molecule has 0 radical (unpaired) electrons. The van der Waals surface area contributed by atoms with Crippen molar-refractivity contribution in [2.75, 3.05) is 7.11 Å². The fourth-order valence-corrected chi connectivity index (χ4v) is 1.55. The van der Waals surface area contributed by atoms with E-state index in [0.29, 0.717) is 29.2 Å². The number of benzene rings is 1. The highest BCUT2D eigenvalue weighted by Gasteiger charge is 2.11. The van der Waals surface area contributed by atoms with Crippen LogP contribution in [0.4, 0.5) is 0 Å². The Hall–Kier alpha value is -2.15. The molecule has 0 aliphatic carbocycles. The number of nitrogens with zero attached hydrogens (tertiary/aromatic N) is 1. The number of H-pyrrole nitrogens is 1. The van der Waals surface area contributed by atoms with Crippen molar-refractivity contribution in [3.05, 3.63) is 34.4 Å². The Bertz CT molecular complexity index is 605. The number of aldehydes is 1. The van der Waals surface area contributed by atoms with Crippen molar-refractivity contribution in [2.45, 2.75) is 6.61 Å². The van der Waals surface area contributed by atoms with Crippen LogP contribution in [0.2, 0.25) is 0 Å². The molecule has 2 rings (SSSR count). The van der Waals surface area contributed by atoms with Crippen LogP contribution in [0.3, 0.4) is 0 Å². The number of methoxy groups -OCH3 is 1. The summed E-state index contributed by atoms with van der Waals surface area (Å²) in [7, 11) is 1.50. The monoisotopic (exact) mass is 266 g/mol. The lowest BCUT2D eigenvalue weighted by molar-refractivity contribution is 0.111. The molecule has 0 amide bonds. The fourth-order valence-electron chi connectivity index (χ4n) is 1.40. The Morgan fingerprint density at radius 1 is 1.56 bits per heavy atom. The van der Waals surface area contributed by atoms with Crippen molar-refractivity contribution < 1.29 is 18.8 Å². The number of aromatic amines is 1. The summed E-state index contributed by atoms with van der Waals surface area (Å²) < 4.78 is 15.4. The summed E-state index contributed by atoms with van der Waals surface area (Å²) in [5.41, 5.74) is 0.399. The first-order valence-corrected chi connectivity index (χ1v) is 5.44. The predicted octanol–water partition coefficient (Wildman–Crippen LogP) is 2.13. The SMILES string of the molecule is COc1cccc(C=O)c1OCc1nc(=S)o[nH]1. The van der Waals surface area contributed by atoms with Crippen LogP contribution in [0.1, 0.15) is 16.2 Å². The van der Waals surface area contributed by atoms with Gasteiger partial charge in [-0.15, -0.1) is 0 Å². The molecule has 0 aliphatic heterocycles. The first kappa shape index (κ1) is 12.3. The number of carbonyl (C=O) groups excluding carboxylic acids is 1. The molecule has 7 heteroatoms. The highest BCUT2D eigenvalue weighted by atomic mass is 32.1. The zero-order valence-corrected chi connectivity index (χ0v) is 10.3. The van der Waals surface area contributed by atoms with Gasteiger partial charge in [-0.3, -0.25) is 4.79 Å². The fraction of sp³-hybridized carbons (Fsp3) is 0.182. The Morgan fingerprint density at radius 2 is 2.39 bits per heavy atom. The predicted molar refractivity (Wildman–Crippen MR) is 64.4 cm³/mol. The van der Waals surface area contributed by atoms with Crippen LogP contribution in [0.25, 0.3) is 0 Å². The van der Waals surface area contributed by atoms with Crippen molar-refractivity contribution in [1.82, 2.24) is 10.1 Å². The van der Waals surface area contributed by atoms with E-state index in [4.69, 9.17) is 26.2 Å². The van der Waals surface area contributed by atoms with Gasteiger partial charge in [0.1, 0.15) is 6.61 Å². The molecule has 1 heterocycles. The van der Waals surface area contributed by atoms with Crippen molar-refractivity contribution in [2.24, 2.45) is 0 Å². The highest BCUT2D eigenvalue weighted by Crippen LogP contribution is 2.30. The van der Waals surface area contributed by atoms with Gasteiger partial charge in [-0.1, -0.05) is 6.07 Å². The van der Waals surface area contributed by atoms with Crippen LogP contribution in [0.5, 0.6) is 11.5 Å². The molecular weight excluding hydrogens is 256 g/mol. The summed E-state index contributed by atoms with van der Waals surface area (Å²) in [4.78, 5) is 14.9. The van der Waals surface area contributed by atoms with E-state index in [2.05, 4.69) is 10.1 Å². The molecule has 0 saturated carbocycles. The second-order valence-electron chi connectivity index (χ2n) is 3.31. The number of hydrogen-bond acceptors (Lipinski definition) is 6. The molecule has 0 spiro atoms. The van der Waals surface area contributed by atoms with E-state index in [0.717, 1.165) is 0 Å². The second-order valence-corrected chi connectivity index (χ2v) is 3.66. The molecule has 0 unspecified atom stereocenters. The maximum atomic E-state index is 10.9. The van der Waals surface area contributed by atoms with Crippen LogP contribution in [0.15, 0.2) is 22.7 Å². The average molecular weight is 266 g/mol. The lowest BCUT2D eigenvalue weighted by Gasteiger charge is -2.10. The zero-order valence-electron chi connectivity index (χ0n) is 9.50. The first-order chi connectivity index (χ1) is 8.74. The van der Waals surface area contributed by atoms with Gasteiger partial charge < -0.3 is 14.0 Å². The van der Waals surface area contributed by atoms with Crippen molar-refractivity contribution >= 4 is 18.5 Å². The molecule has 0 aliphatic rings. The van der Waals surface area contributed by atoms with Gasteiger partial charge in [-0.05, 0) is 24.4 Å². The van der Waals surface area contributed by atoms with E-state index >= 15 is 0 Å². The molecule has 6 nitrogen and oxygen atoms in total. The van der Waals surface area contributed by atoms with E-state index in [1.807, 2.05) is 0 Å². The highest BCUT2D eigenvalue weighted by molar-refractivity contribution is 7.71. The molecule has 1 aromatic carbocycles. The summed E-state index contributed by atoms with van der Waals surface area (Å²) >= 11 is 4.72. The van der Waals surface area contributed by atoms with Gasteiger partial charge in [0.25, 0.3) is 0 Å². The molecule has 1 aromatic heterocycles. The maximum Gasteiger partial charge on any atom is 0.314 e. The van der Waals surface area contributed by atoms with Gasteiger partial charge in [0.05, 0.1) is 12.7 Å². The third-order valence-electron chi connectivity index (χ3n) is 2.19. The van der Waals surface area contributed by atoms with Crippen LogP contribution in [0, 0.1) is 4.84 Å². The van der Waals surface area contributed by atoms with Crippen molar-refractivity contribution in [3.63, 3.8) is 0 Å². The molecule has 0 atom stereocenters. The van der Waals surface area contributed by atoms with Crippen LogP contribution < -0.4 is 9.47 Å². The number of nitrogens with one attached hydrogen (secondary N) is 1. The quantitative estimate of drug-likeness (QED) is 0.660. The number of ether oxygens (including phenoxy) is 2. The molecule has 0 bridgehead atoms. The minimum absolute atomic E-state index is 0.0986. The number of hydrogen-bond donors (Lipinski definition) is 1. The van der Waals surface area contributed by atoms with Crippen molar-refractivity contribution in [3.8, 4) is 11.5 Å². The zero-order chi connectivity index (χ0) is 13.0. The summed E-state index contributed by atoms with van der Waals surface area (Å²) in [6.45, 7) is 0.0986. The van der Waals surface area contributed by atoms with Crippen molar-refractivity contribution in [1.29, 1.82) is 0 Å². The van der Waals surface area contributed by atoms with Gasteiger partial charge >= 0.3 is 4.84 Å². The Kier molecular flexibility index (Phi) is 3.73. The van der Waals surface area contributed by atoms with Crippen LogP contribution in [-0.4, -0.2) is 23.5 Å². The van der Waals surface area contributed by atoms with Gasteiger partial charge in [0.15, 0.2) is 23.6 Å². The summed E-state index contributed by atoms with van der Waals surface area (Å²) in [5.74, 6) is 1.27. The lowest BCUT2D eigenvalue weighted by Crippen LogP contribution is -2.02. The standard InChI is InChI=1S/C11H10N2O4S/c1-15-8-4-2-3-7(5-14)10(8)16-6-9-12-11(18)17-13-9/h2-5H,6H2,1H3,(H,12,13,18). The van der Waals surface area contributed by atoms with Crippen LogP contribution in [-0.2, 0) is 6.61 Å². The molecule has 2 aromatic rings. The van der Waals surface area contributed by atoms with E-state index in [1.165, 1.54) is 7.11 Å². The Balaban J connectivity index is 2.22. The largest absolute Gasteiger partial charge is 0.493 e. The topological polar surface area (TPSA) is 77.3 Å². The molecule has 94 valence electrons. The van der Waals surface area contributed by atoms with Gasteiger partial charge in [-0.2, -0.15) is 4.98 Å². The minimum Gasteiger partial charge on any atom is -0.493 e. The normalized spacial score (nSPS) is 10.1. The number of aromatic nitrogens is 2. The summed E-state index contributed by atoms with van der Waals surface area (Å²) in [6, 6.07) is 5.04. The summed E-state index contributed by atoms with van der Waals surface area (Å²) in [6.07, 6.45) is 0.697. The Morgan fingerprint density at radius 3 is 3.00 bits per heavy atom. The van der Waals surface area contributed by atoms with Gasteiger partial charge in [-0.25, -0.2) is 5.16 Å². The third-order valence-corrected chi connectivity index (χ3v) is 2.37. The molecule has 18 heavy (non-hydrogen) atoms. The van der Waals surface area contributed by atoms with Crippen LogP contribution >= 0.6 is 12.2 Å². The number of para-hydroxylation sites is 1. The van der Waals surface area contributed by atoms with E-state index in [1.54, 1.807) is 18.2 Å². The molecule has 0 fully saturated rings. The van der Waals surface area contributed by atoms with E-state index < -0.39 is 0 Å². The number of rotatable bonds is 5. The van der Waals surface area contributed by atoms with E-state index in [9.17, 15) is 4.79 Å². The summed E-state index contributed by atoms with van der Waals surface area (Å²) in [5, 5.41) is 2.51.